The molecule has 0 bridgehead atoms. The summed E-state index contributed by atoms with van der Waals surface area (Å²) in [6.45, 7) is 0.731. The molecule has 5 rings (SSSR count). The van der Waals surface area contributed by atoms with Crippen molar-refractivity contribution < 1.29 is 18.3 Å². The largest absolute Gasteiger partial charge is 0.435 e. The highest BCUT2D eigenvalue weighted by molar-refractivity contribution is 6.04. The molecule has 1 atom stereocenters. The van der Waals surface area contributed by atoms with Crippen LogP contribution in [0.15, 0.2) is 61.2 Å². The fourth-order valence-corrected chi connectivity index (χ4v) is 4.34. The Labute approximate surface area is 194 Å². The van der Waals surface area contributed by atoms with E-state index in [4.69, 9.17) is 0 Å². The van der Waals surface area contributed by atoms with Gasteiger partial charge in [0.25, 0.3) is 5.91 Å². The van der Waals surface area contributed by atoms with Crippen molar-refractivity contribution >= 4 is 23.1 Å². The molecule has 1 saturated heterocycles. The van der Waals surface area contributed by atoms with E-state index < -0.39 is 6.61 Å². The predicted molar refractivity (Wildman–Crippen MR) is 123 cm³/mol. The summed E-state index contributed by atoms with van der Waals surface area (Å²) >= 11 is 0. The number of alkyl halides is 2. The first-order valence-electron chi connectivity index (χ1n) is 10.8. The van der Waals surface area contributed by atoms with Crippen molar-refractivity contribution in [3.63, 3.8) is 0 Å². The summed E-state index contributed by atoms with van der Waals surface area (Å²) in [4.78, 5) is 23.6. The molecule has 4 aromatic rings. The van der Waals surface area contributed by atoms with Gasteiger partial charge in [-0.2, -0.15) is 13.9 Å². The van der Waals surface area contributed by atoms with Gasteiger partial charge in [0.2, 0.25) is 0 Å². The Morgan fingerprint density at radius 2 is 2.09 bits per heavy atom. The molecule has 8 nitrogen and oxygen atoms in total. The Morgan fingerprint density at radius 3 is 2.94 bits per heavy atom. The number of carbonyl (C=O) groups excluding carboxylic acids is 1. The Hall–Kier alpha value is -4.08. The summed E-state index contributed by atoms with van der Waals surface area (Å²) in [5.74, 6) is -0.0621. The van der Waals surface area contributed by atoms with Gasteiger partial charge >= 0.3 is 6.61 Å². The predicted octanol–water partition coefficient (Wildman–Crippen LogP) is 4.28. The number of hydrogen-bond acceptors (Lipinski definition) is 6. The third-order valence-electron chi connectivity index (χ3n) is 5.97. The Morgan fingerprint density at radius 1 is 1.21 bits per heavy atom. The number of pyridine rings is 1. The van der Waals surface area contributed by atoms with E-state index in [-0.39, 0.29) is 23.4 Å². The van der Waals surface area contributed by atoms with Crippen LogP contribution in [0, 0.1) is 6.92 Å². The van der Waals surface area contributed by atoms with Crippen LogP contribution in [0.2, 0.25) is 0 Å². The molecule has 0 spiro atoms. The molecule has 174 valence electrons. The zero-order valence-corrected chi connectivity index (χ0v) is 18.4. The number of nitrogens with zero attached hydrogens (tertiary/aromatic N) is 5. The van der Waals surface area contributed by atoms with Crippen molar-refractivity contribution in [3.8, 4) is 5.75 Å². The summed E-state index contributed by atoms with van der Waals surface area (Å²) in [6, 6.07) is 9.97. The van der Waals surface area contributed by atoms with Gasteiger partial charge < -0.3 is 15.0 Å². The first kappa shape index (κ1) is 21.7. The van der Waals surface area contributed by atoms with Crippen LogP contribution in [0.1, 0.15) is 33.8 Å². The number of fused-ring (bicyclic) bond motifs is 1. The summed E-state index contributed by atoms with van der Waals surface area (Å²) in [5.41, 5.74) is 4.48. The van der Waals surface area contributed by atoms with E-state index >= 15 is 0 Å². The van der Waals surface area contributed by atoms with Gasteiger partial charge in [-0.25, -0.2) is 14.5 Å². The van der Waals surface area contributed by atoms with Crippen LogP contribution < -0.4 is 15.0 Å². The second kappa shape index (κ2) is 9.05. The molecule has 1 N–H and O–H groups in total. The quantitative estimate of drug-likeness (QED) is 0.459. The first-order valence-corrected chi connectivity index (χ1v) is 10.8. The average molecular weight is 464 g/mol. The summed E-state index contributed by atoms with van der Waals surface area (Å²) in [7, 11) is 0. The highest BCUT2D eigenvalue weighted by atomic mass is 19.3. The monoisotopic (exact) mass is 464 g/mol. The summed E-state index contributed by atoms with van der Waals surface area (Å²) in [6.07, 6.45) is 7.70. The minimum absolute atomic E-state index is 0.0712. The van der Waals surface area contributed by atoms with E-state index in [1.54, 1.807) is 16.8 Å². The van der Waals surface area contributed by atoms with Gasteiger partial charge in [-0.15, -0.1) is 0 Å². The number of aromatic nitrogens is 4. The van der Waals surface area contributed by atoms with E-state index in [0.717, 1.165) is 42.0 Å². The molecule has 34 heavy (non-hydrogen) atoms. The van der Waals surface area contributed by atoms with Crippen LogP contribution in [0.25, 0.3) is 5.65 Å². The van der Waals surface area contributed by atoms with Crippen LogP contribution >= 0.6 is 0 Å². The fourth-order valence-electron chi connectivity index (χ4n) is 4.34. The van der Waals surface area contributed by atoms with Gasteiger partial charge in [0, 0.05) is 49.2 Å². The molecule has 1 aromatic carbocycles. The van der Waals surface area contributed by atoms with Crippen LogP contribution in [-0.2, 0) is 0 Å². The second-order valence-corrected chi connectivity index (χ2v) is 8.13. The molecule has 1 fully saturated rings. The maximum Gasteiger partial charge on any atom is 0.387 e. The number of hydrogen-bond donors (Lipinski definition) is 1. The zero-order chi connectivity index (χ0) is 23.7. The number of carbonyl (C=O) groups is 1. The van der Waals surface area contributed by atoms with E-state index in [1.165, 1.54) is 18.3 Å². The average Bonchev–Trinajstić information content (AvgIpc) is 3.46. The first-order chi connectivity index (χ1) is 16.5. The highest BCUT2D eigenvalue weighted by Crippen LogP contribution is 2.34. The SMILES string of the molecule is Cc1ccc(C(=O)Nc2cc(OC(F)F)ccn2)cc1[C@@H]1CCN(c2cnn3cccnc23)C1. The van der Waals surface area contributed by atoms with E-state index in [9.17, 15) is 13.6 Å². The lowest BCUT2D eigenvalue weighted by Crippen LogP contribution is -2.19. The van der Waals surface area contributed by atoms with Crippen molar-refractivity contribution in [3.05, 3.63) is 77.9 Å². The molecule has 0 saturated carbocycles. The summed E-state index contributed by atoms with van der Waals surface area (Å²) in [5, 5.41) is 7.04. The number of amides is 1. The highest BCUT2D eigenvalue weighted by Gasteiger charge is 2.28. The van der Waals surface area contributed by atoms with E-state index in [2.05, 4.69) is 30.0 Å². The zero-order valence-electron chi connectivity index (χ0n) is 18.4. The maximum atomic E-state index is 12.9. The molecule has 0 aliphatic carbocycles. The normalized spacial score (nSPS) is 15.8. The molecule has 1 aliphatic rings. The molecule has 1 aliphatic heterocycles. The molecule has 3 aromatic heterocycles. The Balaban J connectivity index is 1.32. The van der Waals surface area contributed by atoms with Gasteiger partial charge in [-0.05, 0) is 48.7 Å². The minimum Gasteiger partial charge on any atom is -0.435 e. The fraction of sp³-hybridized carbons (Fsp3) is 0.250. The van der Waals surface area contributed by atoms with Crippen LogP contribution in [0.4, 0.5) is 20.3 Å². The van der Waals surface area contributed by atoms with Crippen molar-refractivity contribution in [2.75, 3.05) is 23.3 Å². The lowest BCUT2D eigenvalue weighted by molar-refractivity contribution is -0.0498. The molecule has 0 radical (unpaired) electrons. The van der Waals surface area contributed by atoms with Crippen molar-refractivity contribution in [1.82, 2.24) is 19.6 Å². The van der Waals surface area contributed by atoms with E-state index in [0.29, 0.717) is 5.56 Å². The number of anilines is 2. The minimum atomic E-state index is -2.95. The Bertz CT molecular complexity index is 1340. The molecule has 0 unspecified atom stereocenters. The number of ether oxygens (including phenoxy) is 1. The molecular formula is C24H22F2N6O2. The number of benzene rings is 1. The lowest BCUT2D eigenvalue weighted by atomic mass is 9.92. The van der Waals surface area contributed by atoms with Gasteiger partial charge in [-0.1, -0.05) is 6.07 Å². The molecule has 10 heteroatoms. The lowest BCUT2D eigenvalue weighted by Gasteiger charge is -2.18. The van der Waals surface area contributed by atoms with Crippen LogP contribution in [-0.4, -0.2) is 45.2 Å². The number of rotatable bonds is 6. The van der Waals surface area contributed by atoms with Gasteiger partial charge in [-0.3, -0.25) is 4.79 Å². The summed E-state index contributed by atoms with van der Waals surface area (Å²) < 4.78 is 31.1. The van der Waals surface area contributed by atoms with Crippen LogP contribution in [0.3, 0.4) is 0 Å². The number of aryl methyl sites for hydroxylation is 1. The second-order valence-electron chi connectivity index (χ2n) is 8.13. The van der Waals surface area contributed by atoms with Gasteiger partial charge in [0.15, 0.2) is 5.65 Å². The smallest absolute Gasteiger partial charge is 0.387 e. The van der Waals surface area contributed by atoms with Gasteiger partial charge in [0.05, 0.1) is 6.20 Å². The van der Waals surface area contributed by atoms with Gasteiger partial charge in [0.1, 0.15) is 17.3 Å². The van der Waals surface area contributed by atoms with Crippen molar-refractivity contribution in [2.24, 2.45) is 0 Å². The third kappa shape index (κ3) is 4.39. The van der Waals surface area contributed by atoms with Crippen molar-refractivity contribution in [2.45, 2.75) is 25.9 Å². The molecule has 4 heterocycles. The standard InChI is InChI=1S/C24H22F2N6O2/c1-15-3-4-16(23(33)30-21-12-18(5-8-27-21)34-24(25)26)11-19(15)17-6-10-31(14-17)20-13-29-32-9-2-7-28-22(20)32/h2-5,7-9,11-13,17,24H,6,10,14H2,1H3,(H,27,30,33)/t17-/m1/s1. The third-order valence-corrected chi connectivity index (χ3v) is 5.97. The number of halogens is 2. The van der Waals surface area contributed by atoms with Crippen molar-refractivity contribution in [1.29, 1.82) is 0 Å². The molecule has 1 amide bonds. The van der Waals surface area contributed by atoms with Crippen LogP contribution in [0.5, 0.6) is 5.75 Å². The maximum absolute atomic E-state index is 12.9. The van der Waals surface area contributed by atoms with E-state index in [1.807, 2.05) is 37.5 Å². The topological polar surface area (TPSA) is 84.6 Å². The number of nitrogens with one attached hydrogen (secondary N) is 1. The molecular weight excluding hydrogens is 442 g/mol. The Kier molecular flexibility index (Phi) is 5.79.